The highest BCUT2D eigenvalue weighted by molar-refractivity contribution is 5.33. The van der Waals surface area contributed by atoms with Gasteiger partial charge in [0.15, 0.2) is 0 Å². The number of ether oxygens (including phenoxy) is 2. The molecule has 2 unspecified atom stereocenters. The monoisotopic (exact) mass is 514 g/mol. The summed E-state index contributed by atoms with van der Waals surface area (Å²) in [6.45, 7) is 4.67. The topological polar surface area (TPSA) is 58.9 Å². The summed E-state index contributed by atoms with van der Waals surface area (Å²) in [5.74, 6) is 4.00. The number of rotatable bonds is 8. The molecule has 38 heavy (non-hydrogen) atoms. The van der Waals surface area contributed by atoms with Crippen LogP contribution in [0.3, 0.4) is 0 Å². The normalized spacial score (nSPS) is 25.4. The molecule has 0 radical (unpaired) electrons. The van der Waals surface area contributed by atoms with Gasteiger partial charge in [-0.15, -0.1) is 0 Å². The van der Waals surface area contributed by atoms with Gasteiger partial charge in [-0.05, 0) is 84.7 Å². The molecular weight excluding hydrogens is 472 g/mol. The molecule has 202 valence electrons. The Hall–Kier alpha value is -2.82. The number of aliphatic hydroxyl groups is 2. The van der Waals surface area contributed by atoms with Gasteiger partial charge in [-0.1, -0.05) is 88.1 Å². The Morgan fingerprint density at radius 2 is 0.816 bits per heavy atom. The number of hydrogen-bond acceptors (Lipinski definition) is 4. The maximum Gasteiger partial charge on any atom is 0.224 e. The van der Waals surface area contributed by atoms with Crippen molar-refractivity contribution in [3.05, 3.63) is 95.1 Å². The molecule has 0 spiro atoms. The van der Waals surface area contributed by atoms with Crippen LogP contribution in [0, 0.1) is 11.8 Å². The molecule has 2 aliphatic carbocycles. The van der Waals surface area contributed by atoms with Crippen LogP contribution in [0.4, 0.5) is 0 Å². The second-order valence-corrected chi connectivity index (χ2v) is 11.7. The minimum Gasteiger partial charge on any atom is -0.461 e. The van der Waals surface area contributed by atoms with Crippen LogP contribution in [0.25, 0.3) is 0 Å². The summed E-state index contributed by atoms with van der Waals surface area (Å²) in [6.07, 6.45) is 8.06. The van der Waals surface area contributed by atoms with E-state index in [1.54, 1.807) is 24.3 Å². The highest BCUT2D eigenvalue weighted by Crippen LogP contribution is 2.37. The average molecular weight is 515 g/mol. The van der Waals surface area contributed by atoms with E-state index in [2.05, 4.69) is 38.1 Å². The van der Waals surface area contributed by atoms with E-state index in [9.17, 15) is 10.2 Å². The molecule has 0 bridgehead atoms. The fourth-order valence-electron chi connectivity index (χ4n) is 6.04. The van der Waals surface area contributed by atoms with Crippen LogP contribution in [0.5, 0.6) is 11.5 Å². The third-order valence-electron chi connectivity index (χ3n) is 8.74. The van der Waals surface area contributed by atoms with Crippen LogP contribution in [-0.2, 0) is 0 Å². The van der Waals surface area contributed by atoms with Crippen LogP contribution >= 0.6 is 0 Å². The smallest absolute Gasteiger partial charge is 0.224 e. The molecule has 3 aromatic rings. The predicted molar refractivity (Wildman–Crippen MR) is 151 cm³/mol. The number of aliphatic hydroxyl groups excluding tert-OH is 2. The van der Waals surface area contributed by atoms with Gasteiger partial charge < -0.3 is 19.7 Å². The van der Waals surface area contributed by atoms with Crippen LogP contribution < -0.4 is 9.47 Å². The lowest BCUT2D eigenvalue weighted by molar-refractivity contribution is -0.0225. The lowest BCUT2D eigenvalue weighted by Gasteiger charge is -2.26. The highest BCUT2D eigenvalue weighted by Gasteiger charge is 2.21. The van der Waals surface area contributed by atoms with Gasteiger partial charge in [-0.3, -0.25) is 0 Å². The van der Waals surface area contributed by atoms with Crippen molar-refractivity contribution in [3.8, 4) is 11.5 Å². The molecule has 0 saturated heterocycles. The van der Waals surface area contributed by atoms with Crippen molar-refractivity contribution in [2.75, 3.05) is 0 Å². The number of benzene rings is 3. The third-order valence-corrected chi connectivity index (χ3v) is 8.74. The molecule has 5 rings (SSSR count). The molecule has 4 heteroatoms. The van der Waals surface area contributed by atoms with E-state index >= 15 is 0 Å². The summed E-state index contributed by atoms with van der Waals surface area (Å²) in [7, 11) is 0. The van der Waals surface area contributed by atoms with E-state index in [1.807, 2.05) is 24.3 Å². The Morgan fingerprint density at radius 1 is 0.500 bits per heavy atom. The number of hydrogen-bond donors (Lipinski definition) is 2. The SMILES string of the molecule is CC1CCC(c2ccc(C(O)Oc3ccc(OC(O)c4ccc(C5CCC(C)CC5)cc4)cc3)cc2)CC1. The zero-order chi connectivity index (χ0) is 26.5. The Bertz CT molecular complexity index is 1030. The summed E-state index contributed by atoms with van der Waals surface area (Å²) in [6, 6.07) is 23.4. The fourth-order valence-corrected chi connectivity index (χ4v) is 6.04. The van der Waals surface area contributed by atoms with E-state index in [4.69, 9.17) is 9.47 Å². The Labute approximate surface area is 227 Å². The molecule has 0 aliphatic heterocycles. The van der Waals surface area contributed by atoms with Crippen LogP contribution in [0.1, 0.15) is 112 Å². The molecular formula is C34H42O4. The first-order valence-corrected chi connectivity index (χ1v) is 14.4. The standard InChI is InChI=1S/C34H42O4/c1-23-3-7-25(8-4-23)27-11-15-29(16-12-27)33(35)37-31-19-21-32(22-20-31)38-34(36)30-17-13-28(14-18-30)26-9-5-24(2)6-10-26/h11-26,33-36H,3-10H2,1-2H3. The molecule has 0 heterocycles. The molecule has 4 nitrogen and oxygen atoms in total. The van der Waals surface area contributed by atoms with E-state index in [0.29, 0.717) is 23.3 Å². The van der Waals surface area contributed by atoms with Crippen LogP contribution in [0.2, 0.25) is 0 Å². The van der Waals surface area contributed by atoms with Crippen LogP contribution in [-0.4, -0.2) is 10.2 Å². The zero-order valence-corrected chi connectivity index (χ0v) is 22.8. The molecule has 3 aromatic carbocycles. The molecule has 0 amide bonds. The van der Waals surface area contributed by atoms with Crippen molar-refractivity contribution >= 4 is 0 Å². The van der Waals surface area contributed by atoms with Gasteiger partial charge in [0, 0.05) is 11.1 Å². The van der Waals surface area contributed by atoms with Gasteiger partial charge in [0.25, 0.3) is 0 Å². The molecule has 2 saturated carbocycles. The quantitative estimate of drug-likeness (QED) is 0.296. The first-order chi connectivity index (χ1) is 18.4. The highest BCUT2D eigenvalue weighted by atomic mass is 16.6. The molecule has 2 N–H and O–H groups in total. The maximum absolute atomic E-state index is 10.6. The van der Waals surface area contributed by atoms with Gasteiger partial charge in [-0.25, -0.2) is 0 Å². The van der Waals surface area contributed by atoms with Gasteiger partial charge in [0.05, 0.1) is 0 Å². The second kappa shape index (κ2) is 12.4. The lowest BCUT2D eigenvalue weighted by Crippen LogP contribution is -2.11. The predicted octanol–water partition coefficient (Wildman–Crippen LogP) is 8.41. The third kappa shape index (κ3) is 6.78. The van der Waals surface area contributed by atoms with Crippen molar-refractivity contribution in [2.24, 2.45) is 11.8 Å². The summed E-state index contributed by atoms with van der Waals surface area (Å²) in [5.41, 5.74) is 4.18. The van der Waals surface area contributed by atoms with Gasteiger partial charge in [0.2, 0.25) is 12.6 Å². The summed E-state index contributed by atoms with van der Waals surface area (Å²) in [4.78, 5) is 0. The van der Waals surface area contributed by atoms with E-state index in [1.165, 1.54) is 62.5 Å². The van der Waals surface area contributed by atoms with Crippen molar-refractivity contribution in [1.29, 1.82) is 0 Å². The molecule has 0 aromatic heterocycles. The van der Waals surface area contributed by atoms with Crippen molar-refractivity contribution in [2.45, 2.75) is 89.6 Å². The van der Waals surface area contributed by atoms with Crippen LogP contribution in [0.15, 0.2) is 72.8 Å². The summed E-state index contributed by atoms with van der Waals surface area (Å²) in [5, 5.41) is 21.2. The summed E-state index contributed by atoms with van der Waals surface area (Å²) >= 11 is 0. The molecule has 2 aliphatic rings. The minimum atomic E-state index is -1.04. The summed E-state index contributed by atoms with van der Waals surface area (Å²) < 4.78 is 11.5. The average Bonchev–Trinajstić information content (AvgIpc) is 2.95. The van der Waals surface area contributed by atoms with E-state index in [0.717, 1.165) is 23.0 Å². The van der Waals surface area contributed by atoms with Crippen molar-refractivity contribution in [1.82, 2.24) is 0 Å². The molecule has 2 atom stereocenters. The zero-order valence-electron chi connectivity index (χ0n) is 22.8. The lowest BCUT2D eigenvalue weighted by atomic mass is 9.79. The van der Waals surface area contributed by atoms with E-state index in [-0.39, 0.29) is 0 Å². The first kappa shape index (κ1) is 26.8. The minimum absolute atomic E-state index is 0.538. The first-order valence-electron chi connectivity index (χ1n) is 14.4. The second-order valence-electron chi connectivity index (χ2n) is 11.7. The largest absolute Gasteiger partial charge is 0.461 e. The van der Waals surface area contributed by atoms with Gasteiger partial charge >= 0.3 is 0 Å². The Balaban J connectivity index is 1.12. The maximum atomic E-state index is 10.6. The van der Waals surface area contributed by atoms with Crippen molar-refractivity contribution in [3.63, 3.8) is 0 Å². The van der Waals surface area contributed by atoms with Crippen molar-refractivity contribution < 1.29 is 19.7 Å². The Kier molecular flexibility index (Phi) is 8.71. The molecule has 2 fully saturated rings. The van der Waals surface area contributed by atoms with Gasteiger partial charge in [-0.2, -0.15) is 0 Å². The van der Waals surface area contributed by atoms with E-state index < -0.39 is 12.6 Å². The van der Waals surface area contributed by atoms with Gasteiger partial charge in [0.1, 0.15) is 11.5 Å². The fraction of sp³-hybridized carbons (Fsp3) is 0.471. The Morgan fingerprint density at radius 3 is 1.13 bits per heavy atom.